The maximum Gasteiger partial charge on any atom is 0.0750 e. The number of aliphatic hydroxyl groups excluding tert-OH is 2. The number of rotatable bonds is 7. The summed E-state index contributed by atoms with van der Waals surface area (Å²) in [5.74, 6) is 0.527. The van der Waals surface area contributed by atoms with E-state index in [2.05, 4.69) is 26.5 Å². The lowest BCUT2D eigenvalue weighted by Gasteiger charge is -2.40. The van der Waals surface area contributed by atoms with Crippen LogP contribution in [-0.4, -0.2) is 22.9 Å². The van der Waals surface area contributed by atoms with Gasteiger partial charge in [-0.2, -0.15) is 0 Å². The molecule has 22 heavy (non-hydrogen) atoms. The minimum Gasteiger partial charge on any atom is -0.392 e. The van der Waals surface area contributed by atoms with Gasteiger partial charge in [-0.15, -0.1) is 0 Å². The molecule has 1 rings (SSSR count). The van der Waals surface area contributed by atoms with E-state index in [4.69, 9.17) is 5.11 Å². The van der Waals surface area contributed by atoms with Gasteiger partial charge in [0.1, 0.15) is 0 Å². The fourth-order valence-corrected chi connectivity index (χ4v) is 3.45. The molecule has 0 heterocycles. The van der Waals surface area contributed by atoms with Crippen molar-refractivity contribution in [3.63, 3.8) is 0 Å². The Kier molecular flexibility index (Phi) is 7.58. The average Bonchev–Trinajstić information content (AvgIpc) is 2.43. The van der Waals surface area contributed by atoms with Crippen LogP contribution in [0.3, 0.4) is 0 Å². The summed E-state index contributed by atoms with van der Waals surface area (Å²) in [5.41, 5.74) is 3.89. The fraction of sp³-hybridized carbons (Fsp3) is 0.700. The van der Waals surface area contributed by atoms with Gasteiger partial charge in [0, 0.05) is 0 Å². The molecule has 0 amide bonds. The van der Waals surface area contributed by atoms with Crippen molar-refractivity contribution in [3.8, 4) is 0 Å². The quantitative estimate of drug-likeness (QED) is 0.664. The topological polar surface area (TPSA) is 40.5 Å². The largest absolute Gasteiger partial charge is 0.392 e. The molecule has 0 aliphatic heterocycles. The molecule has 2 N–H and O–H groups in total. The van der Waals surface area contributed by atoms with Crippen LogP contribution in [0.2, 0.25) is 0 Å². The molecule has 0 unspecified atom stereocenters. The molecule has 1 saturated carbocycles. The highest BCUT2D eigenvalue weighted by Gasteiger charge is 2.33. The standard InChI is InChI=1S/C20H34O2/c1-15(12-14-21)8-11-19(22)17(3)9-10-18-16(2)7-6-13-20(18,4)5/h9,12,18-19,21-22H,2,6-8,10-11,13-14H2,1,3-5H3/b15-12+,17-9+/t18-,19+/m1/s1. The Morgan fingerprint density at radius 2 is 2.05 bits per heavy atom. The number of hydrogen-bond donors (Lipinski definition) is 2. The molecule has 0 bridgehead atoms. The minimum atomic E-state index is -0.387. The maximum atomic E-state index is 10.3. The molecule has 0 aromatic heterocycles. The normalized spacial score (nSPS) is 24.5. The van der Waals surface area contributed by atoms with Crippen molar-refractivity contribution in [2.45, 2.75) is 72.3 Å². The van der Waals surface area contributed by atoms with E-state index in [9.17, 15) is 5.11 Å². The molecule has 1 fully saturated rings. The van der Waals surface area contributed by atoms with Crippen LogP contribution >= 0.6 is 0 Å². The summed E-state index contributed by atoms with van der Waals surface area (Å²) in [5, 5.41) is 19.1. The smallest absolute Gasteiger partial charge is 0.0750 e. The number of aliphatic hydroxyl groups is 2. The van der Waals surface area contributed by atoms with Crippen LogP contribution in [0, 0.1) is 11.3 Å². The van der Waals surface area contributed by atoms with Crippen molar-refractivity contribution in [2.24, 2.45) is 11.3 Å². The third-order valence-electron chi connectivity index (χ3n) is 5.21. The lowest BCUT2D eigenvalue weighted by atomic mass is 9.65. The first kappa shape index (κ1) is 19.2. The van der Waals surface area contributed by atoms with Gasteiger partial charge in [-0.3, -0.25) is 0 Å². The number of allylic oxidation sites excluding steroid dienone is 3. The molecule has 2 nitrogen and oxygen atoms in total. The first-order valence-corrected chi connectivity index (χ1v) is 8.57. The average molecular weight is 306 g/mol. The van der Waals surface area contributed by atoms with Gasteiger partial charge in [-0.05, 0) is 69.3 Å². The first-order chi connectivity index (χ1) is 10.3. The lowest BCUT2D eigenvalue weighted by molar-refractivity contribution is 0.186. The van der Waals surface area contributed by atoms with Crippen LogP contribution in [0.5, 0.6) is 0 Å². The van der Waals surface area contributed by atoms with E-state index in [0.717, 1.165) is 36.8 Å². The summed E-state index contributed by atoms with van der Waals surface area (Å²) >= 11 is 0. The van der Waals surface area contributed by atoms with Gasteiger partial charge in [0.2, 0.25) is 0 Å². The van der Waals surface area contributed by atoms with Crippen LogP contribution in [-0.2, 0) is 0 Å². The van der Waals surface area contributed by atoms with E-state index < -0.39 is 0 Å². The van der Waals surface area contributed by atoms with E-state index in [0.29, 0.717) is 11.3 Å². The molecule has 1 aliphatic rings. The fourth-order valence-electron chi connectivity index (χ4n) is 3.45. The van der Waals surface area contributed by atoms with E-state index >= 15 is 0 Å². The van der Waals surface area contributed by atoms with Crippen LogP contribution in [0.4, 0.5) is 0 Å². The predicted molar refractivity (Wildman–Crippen MR) is 94.7 cm³/mol. The van der Waals surface area contributed by atoms with E-state index in [1.165, 1.54) is 18.4 Å². The number of hydrogen-bond acceptors (Lipinski definition) is 2. The highest BCUT2D eigenvalue weighted by molar-refractivity contribution is 5.14. The molecule has 0 aromatic rings. The van der Waals surface area contributed by atoms with Crippen LogP contribution < -0.4 is 0 Å². The Bertz CT molecular complexity index is 429. The van der Waals surface area contributed by atoms with E-state index in [1.54, 1.807) is 6.08 Å². The molecule has 2 heteroatoms. The monoisotopic (exact) mass is 306 g/mol. The second-order valence-electron chi connectivity index (χ2n) is 7.52. The highest BCUT2D eigenvalue weighted by atomic mass is 16.3. The van der Waals surface area contributed by atoms with Crippen molar-refractivity contribution >= 4 is 0 Å². The maximum absolute atomic E-state index is 10.3. The van der Waals surface area contributed by atoms with Gasteiger partial charge in [0.25, 0.3) is 0 Å². The Morgan fingerprint density at radius 3 is 2.64 bits per heavy atom. The van der Waals surface area contributed by atoms with Gasteiger partial charge < -0.3 is 10.2 Å². The van der Waals surface area contributed by atoms with Crippen LogP contribution in [0.1, 0.15) is 66.2 Å². The van der Waals surface area contributed by atoms with Crippen LogP contribution in [0.25, 0.3) is 0 Å². The summed E-state index contributed by atoms with van der Waals surface area (Å²) in [6.07, 6.45) is 9.82. The summed E-state index contributed by atoms with van der Waals surface area (Å²) in [6.45, 7) is 13.0. The van der Waals surface area contributed by atoms with Gasteiger partial charge in [-0.1, -0.05) is 43.7 Å². The molecular formula is C20H34O2. The summed E-state index contributed by atoms with van der Waals surface area (Å²) in [6, 6.07) is 0. The Labute approximate surface area is 136 Å². The van der Waals surface area contributed by atoms with Gasteiger partial charge in [-0.25, -0.2) is 0 Å². The summed E-state index contributed by atoms with van der Waals surface area (Å²) < 4.78 is 0. The zero-order chi connectivity index (χ0) is 16.8. The molecule has 1 aliphatic carbocycles. The zero-order valence-corrected chi connectivity index (χ0v) is 14.9. The lowest BCUT2D eigenvalue weighted by Crippen LogP contribution is -2.29. The van der Waals surface area contributed by atoms with Crippen LogP contribution in [0.15, 0.2) is 35.5 Å². The minimum absolute atomic E-state index is 0.0790. The van der Waals surface area contributed by atoms with Crippen molar-refractivity contribution in [1.29, 1.82) is 0 Å². The van der Waals surface area contributed by atoms with Crippen molar-refractivity contribution < 1.29 is 10.2 Å². The Balaban J connectivity index is 2.57. The molecule has 0 spiro atoms. The Morgan fingerprint density at radius 1 is 1.36 bits per heavy atom. The van der Waals surface area contributed by atoms with Gasteiger partial charge >= 0.3 is 0 Å². The third kappa shape index (κ3) is 5.73. The first-order valence-electron chi connectivity index (χ1n) is 8.57. The predicted octanol–water partition coefficient (Wildman–Crippen LogP) is 4.79. The third-order valence-corrected chi connectivity index (χ3v) is 5.21. The second kappa shape index (κ2) is 8.69. The molecule has 126 valence electrons. The summed E-state index contributed by atoms with van der Waals surface area (Å²) in [4.78, 5) is 0. The van der Waals surface area contributed by atoms with Crippen molar-refractivity contribution in [2.75, 3.05) is 6.61 Å². The van der Waals surface area contributed by atoms with Gasteiger partial charge in [0.15, 0.2) is 0 Å². The molecule has 0 aromatic carbocycles. The Hall–Kier alpha value is -0.860. The van der Waals surface area contributed by atoms with E-state index in [1.807, 2.05) is 13.8 Å². The van der Waals surface area contributed by atoms with Crippen molar-refractivity contribution in [1.82, 2.24) is 0 Å². The SMILES string of the molecule is C=C1CCCC(C)(C)[C@@H]1C/C=C(\C)[C@@H](O)CC/C(C)=C/CO. The molecular weight excluding hydrogens is 272 g/mol. The zero-order valence-electron chi connectivity index (χ0n) is 14.9. The van der Waals surface area contributed by atoms with Gasteiger partial charge in [0.05, 0.1) is 12.7 Å². The molecule has 2 atom stereocenters. The van der Waals surface area contributed by atoms with Crippen molar-refractivity contribution in [3.05, 3.63) is 35.5 Å². The second-order valence-corrected chi connectivity index (χ2v) is 7.52. The summed E-state index contributed by atoms with van der Waals surface area (Å²) in [7, 11) is 0. The molecule has 0 radical (unpaired) electrons. The highest BCUT2D eigenvalue weighted by Crippen LogP contribution is 2.45. The van der Waals surface area contributed by atoms with E-state index in [-0.39, 0.29) is 12.7 Å². The molecule has 0 saturated heterocycles.